The van der Waals surface area contributed by atoms with E-state index in [1.807, 2.05) is 0 Å². The molecular formula is C17H16FNO3. The largest absolute Gasteiger partial charge is 0.465 e. The van der Waals surface area contributed by atoms with Gasteiger partial charge in [-0.15, -0.1) is 0 Å². The normalized spacial score (nSPS) is 10.1. The van der Waals surface area contributed by atoms with E-state index in [2.05, 4.69) is 10.1 Å². The van der Waals surface area contributed by atoms with Gasteiger partial charge in [-0.2, -0.15) is 0 Å². The molecule has 1 N–H and O–H groups in total. The predicted molar refractivity (Wildman–Crippen MR) is 80.1 cm³/mol. The number of hydrogen-bond acceptors (Lipinski definition) is 3. The van der Waals surface area contributed by atoms with Crippen molar-refractivity contribution in [3.8, 4) is 0 Å². The lowest BCUT2D eigenvalue weighted by Crippen LogP contribution is -2.22. The van der Waals surface area contributed by atoms with Crippen molar-refractivity contribution in [1.82, 2.24) is 5.32 Å². The Bertz CT molecular complexity index is 696. The maximum atomic E-state index is 13.4. The van der Waals surface area contributed by atoms with Gasteiger partial charge in [0, 0.05) is 12.1 Å². The molecule has 114 valence electrons. The molecule has 0 spiro atoms. The fourth-order valence-corrected chi connectivity index (χ4v) is 1.91. The van der Waals surface area contributed by atoms with Crippen LogP contribution in [0.5, 0.6) is 0 Å². The summed E-state index contributed by atoms with van der Waals surface area (Å²) in [6.07, 6.45) is 0. The Morgan fingerprint density at radius 2 is 1.73 bits per heavy atom. The molecule has 0 heterocycles. The van der Waals surface area contributed by atoms with Crippen molar-refractivity contribution in [2.45, 2.75) is 13.5 Å². The minimum Gasteiger partial charge on any atom is -0.465 e. The second-order valence-electron chi connectivity index (χ2n) is 4.84. The average Bonchev–Trinajstić information content (AvgIpc) is 2.55. The monoisotopic (exact) mass is 301 g/mol. The Labute approximate surface area is 127 Å². The molecule has 5 heteroatoms. The number of amides is 1. The zero-order valence-corrected chi connectivity index (χ0v) is 12.4. The van der Waals surface area contributed by atoms with Crippen molar-refractivity contribution in [1.29, 1.82) is 0 Å². The zero-order chi connectivity index (χ0) is 16.1. The van der Waals surface area contributed by atoms with Gasteiger partial charge in [0.25, 0.3) is 5.91 Å². The number of benzene rings is 2. The second-order valence-corrected chi connectivity index (χ2v) is 4.84. The van der Waals surface area contributed by atoms with Crippen molar-refractivity contribution in [2.24, 2.45) is 0 Å². The maximum Gasteiger partial charge on any atom is 0.337 e. The van der Waals surface area contributed by atoms with Gasteiger partial charge in [0.2, 0.25) is 0 Å². The minimum absolute atomic E-state index is 0.231. The Balaban J connectivity index is 2.00. The van der Waals surface area contributed by atoms with Gasteiger partial charge in [0.1, 0.15) is 5.82 Å². The summed E-state index contributed by atoms with van der Waals surface area (Å²) < 4.78 is 18.0. The summed E-state index contributed by atoms with van der Waals surface area (Å²) in [5, 5.41) is 2.70. The number of rotatable bonds is 4. The first kappa shape index (κ1) is 15.7. The van der Waals surface area contributed by atoms with Crippen LogP contribution >= 0.6 is 0 Å². The lowest BCUT2D eigenvalue weighted by atomic mass is 10.1. The number of carbonyl (C=O) groups is 2. The Hall–Kier alpha value is -2.69. The number of carbonyl (C=O) groups excluding carboxylic acids is 2. The molecule has 2 rings (SSSR count). The second kappa shape index (κ2) is 6.85. The first-order valence-electron chi connectivity index (χ1n) is 6.73. The summed E-state index contributed by atoms with van der Waals surface area (Å²) in [5.74, 6) is -1.05. The van der Waals surface area contributed by atoms with Crippen LogP contribution in [0.3, 0.4) is 0 Å². The fraction of sp³-hybridized carbons (Fsp3) is 0.176. The zero-order valence-electron chi connectivity index (χ0n) is 12.4. The number of esters is 1. The first-order chi connectivity index (χ1) is 10.5. The van der Waals surface area contributed by atoms with Gasteiger partial charge in [0.05, 0.1) is 12.7 Å². The molecule has 22 heavy (non-hydrogen) atoms. The van der Waals surface area contributed by atoms with Gasteiger partial charge in [-0.1, -0.05) is 12.1 Å². The van der Waals surface area contributed by atoms with E-state index < -0.39 is 5.97 Å². The molecule has 0 atom stereocenters. The molecule has 4 nitrogen and oxygen atoms in total. The minimum atomic E-state index is -0.456. The van der Waals surface area contributed by atoms with E-state index in [1.54, 1.807) is 19.1 Å². The summed E-state index contributed by atoms with van der Waals surface area (Å²) in [6.45, 7) is 1.91. The van der Waals surface area contributed by atoms with Crippen molar-refractivity contribution >= 4 is 11.9 Å². The number of halogens is 1. The number of hydrogen-bond donors (Lipinski definition) is 1. The molecular weight excluding hydrogens is 285 g/mol. The van der Waals surface area contributed by atoms with Crippen molar-refractivity contribution < 1.29 is 18.7 Å². The highest BCUT2D eigenvalue weighted by atomic mass is 19.1. The molecule has 0 aliphatic carbocycles. The van der Waals surface area contributed by atoms with Crippen LogP contribution in [0.15, 0.2) is 42.5 Å². The van der Waals surface area contributed by atoms with E-state index in [0.29, 0.717) is 22.3 Å². The van der Waals surface area contributed by atoms with Crippen LogP contribution in [0.4, 0.5) is 4.39 Å². The molecule has 2 aromatic carbocycles. The van der Waals surface area contributed by atoms with Gasteiger partial charge >= 0.3 is 5.97 Å². The third kappa shape index (κ3) is 3.69. The standard InChI is InChI=1S/C17H16FNO3/c1-11-3-4-12(9-15(11)18)10-19-16(20)13-5-7-14(8-6-13)17(21)22-2/h3-9H,10H2,1-2H3,(H,19,20). The van der Waals surface area contributed by atoms with Gasteiger partial charge in [-0.25, -0.2) is 9.18 Å². The third-order valence-corrected chi connectivity index (χ3v) is 3.26. The molecule has 0 aliphatic rings. The molecule has 0 saturated carbocycles. The molecule has 0 saturated heterocycles. The van der Waals surface area contributed by atoms with Crippen LogP contribution < -0.4 is 5.32 Å². The summed E-state index contributed by atoms with van der Waals surface area (Å²) in [5.41, 5.74) is 2.04. The highest BCUT2D eigenvalue weighted by molar-refractivity contribution is 5.96. The summed E-state index contributed by atoms with van der Waals surface area (Å²) >= 11 is 0. The summed E-state index contributed by atoms with van der Waals surface area (Å²) in [4.78, 5) is 23.3. The Morgan fingerprint density at radius 1 is 1.09 bits per heavy atom. The predicted octanol–water partition coefficient (Wildman–Crippen LogP) is 2.85. The molecule has 0 unspecified atom stereocenters. The smallest absolute Gasteiger partial charge is 0.337 e. The lowest BCUT2D eigenvalue weighted by Gasteiger charge is -2.07. The highest BCUT2D eigenvalue weighted by Crippen LogP contribution is 2.10. The summed E-state index contributed by atoms with van der Waals surface area (Å²) in [7, 11) is 1.30. The number of ether oxygens (including phenoxy) is 1. The molecule has 1 amide bonds. The van der Waals surface area contributed by atoms with Gasteiger partial charge in [0.15, 0.2) is 0 Å². The van der Waals surface area contributed by atoms with Crippen LogP contribution in [0.1, 0.15) is 31.8 Å². The van der Waals surface area contributed by atoms with Gasteiger partial charge in [-0.05, 0) is 48.4 Å². The topological polar surface area (TPSA) is 55.4 Å². The molecule has 2 aromatic rings. The number of methoxy groups -OCH3 is 1. The SMILES string of the molecule is COC(=O)c1ccc(C(=O)NCc2ccc(C)c(F)c2)cc1. The van der Waals surface area contributed by atoms with Crippen LogP contribution in [0.2, 0.25) is 0 Å². The van der Waals surface area contributed by atoms with Crippen LogP contribution in [-0.4, -0.2) is 19.0 Å². The van der Waals surface area contributed by atoms with E-state index in [0.717, 1.165) is 0 Å². The molecule has 0 bridgehead atoms. The first-order valence-corrected chi connectivity index (χ1v) is 6.73. The molecule has 0 aliphatic heterocycles. The van der Waals surface area contributed by atoms with Crippen molar-refractivity contribution in [2.75, 3.05) is 7.11 Å². The van der Waals surface area contributed by atoms with E-state index in [1.165, 1.54) is 37.4 Å². The van der Waals surface area contributed by atoms with E-state index in [9.17, 15) is 14.0 Å². The van der Waals surface area contributed by atoms with E-state index >= 15 is 0 Å². The maximum absolute atomic E-state index is 13.4. The van der Waals surface area contributed by atoms with Crippen LogP contribution in [-0.2, 0) is 11.3 Å². The highest BCUT2D eigenvalue weighted by Gasteiger charge is 2.09. The van der Waals surface area contributed by atoms with E-state index in [4.69, 9.17) is 0 Å². The lowest BCUT2D eigenvalue weighted by molar-refractivity contribution is 0.0600. The Kier molecular flexibility index (Phi) is 4.88. The van der Waals surface area contributed by atoms with Crippen molar-refractivity contribution in [3.05, 3.63) is 70.5 Å². The third-order valence-electron chi connectivity index (χ3n) is 3.26. The number of nitrogens with one attached hydrogen (secondary N) is 1. The Morgan fingerprint density at radius 3 is 2.32 bits per heavy atom. The van der Waals surface area contributed by atoms with Crippen LogP contribution in [0, 0.1) is 12.7 Å². The van der Waals surface area contributed by atoms with Crippen molar-refractivity contribution in [3.63, 3.8) is 0 Å². The average molecular weight is 301 g/mol. The fourth-order valence-electron chi connectivity index (χ4n) is 1.91. The van der Waals surface area contributed by atoms with E-state index in [-0.39, 0.29) is 18.3 Å². The van der Waals surface area contributed by atoms with Gasteiger partial charge in [-0.3, -0.25) is 4.79 Å². The molecule has 0 fully saturated rings. The summed E-state index contributed by atoms with van der Waals surface area (Å²) in [6, 6.07) is 10.9. The van der Waals surface area contributed by atoms with Gasteiger partial charge < -0.3 is 10.1 Å². The molecule has 0 radical (unpaired) electrons. The molecule has 0 aromatic heterocycles. The van der Waals surface area contributed by atoms with Crippen LogP contribution in [0.25, 0.3) is 0 Å². The number of aryl methyl sites for hydroxylation is 1. The quantitative estimate of drug-likeness (QED) is 0.884.